The van der Waals surface area contributed by atoms with Gasteiger partial charge in [-0.2, -0.15) is 0 Å². The lowest BCUT2D eigenvalue weighted by Gasteiger charge is -2.25. The Bertz CT molecular complexity index is 519. The third kappa shape index (κ3) is 3.49. The zero-order valence-electron chi connectivity index (χ0n) is 12.6. The quantitative estimate of drug-likeness (QED) is 0.727. The van der Waals surface area contributed by atoms with Crippen LogP contribution in [0.1, 0.15) is 56.9 Å². The molecule has 0 bridgehead atoms. The molecular formula is C17H25N3O. The van der Waals surface area contributed by atoms with Crippen LogP contribution in [0.25, 0.3) is 0 Å². The van der Waals surface area contributed by atoms with Crippen LogP contribution < -0.4 is 16.4 Å². The van der Waals surface area contributed by atoms with E-state index in [0.717, 1.165) is 29.0 Å². The van der Waals surface area contributed by atoms with E-state index < -0.39 is 0 Å². The summed E-state index contributed by atoms with van der Waals surface area (Å²) in [6.45, 7) is 0. The molecule has 0 unspecified atom stereocenters. The molecular weight excluding hydrogens is 262 g/mol. The van der Waals surface area contributed by atoms with Crippen molar-refractivity contribution in [2.24, 2.45) is 0 Å². The van der Waals surface area contributed by atoms with Gasteiger partial charge in [-0.05, 0) is 37.0 Å². The predicted molar refractivity (Wildman–Crippen MR) is 87.5 cm³/mol. The molecule has 0 spiro atoms. The fourth-order valence-corrected chi connectivity index (χ4v) is 3.39. The lowest BCUT2D eigenvalue weighted by Crippen LogP contribution is -2.23. The lowest BCUT2D eigenvalue weighted by molar-refractivity contribution is -0.116. The number of fused-ring (bicyclic) bond motifs is 1. The standard InChI is InChI=1S/C17H25N3O/c18-14-10-12-8-9-17(21)20-15(12)11-16(14)19-13-6-4-2-1-3-5-7-13/h10-11,13,19H,1-9,18H2,(H,20,21). The SMILES string of the molecule is Nc1cc2c(cc1NC1CCCCCCC1)NC(=O)CC2. The molecule has 4 N–H and O–H groups in total. The number of hydrogen-bond donors (Lipinski definition) is 3. The van der Waals surface area contributed by atoms with Crippen LogP contribution in [0.3, 0.4) is 0 Å². The first-order valence-electron chi connectivity index (χ1n) is 8.21. The van der Waals surface area contributed by atoms with Gasteiger partial charge in [0.05, 0.1) is 11.4 Å². The number of amides is 1. The molecule has 0 atom stereocenters. The minimum absolute atomic E-state index is 0.101. The molecule has 1 amide bonds. The zero-order valence-corrected chi connectivity index (χ0v) is 12.6. The number of carbonyl (C=O) groups excluding carboxylic acids is 1. The summed E-state index contributed by atoms with van der Waals surface area (Å²) < 4.78 is 0. The van der Waals surface area contributed by atoms with E-state index in [1.54, 1.807) is 0 Å². The van der Waals surface area contributed by atoms with E-state index in [-0.39, 0.29) is 5.91 Å². The summed E-state index contributed by atoms with van der Waals surface area (Å²) in [5, 5.41) is 6.56. The van der Waals surface area contributed by atoms with Gasteiger partial charge in [0.15, 0.2) is 0 Å². The predicted octanol–water partition coefficient (Wildman–Crippen LogP) is 3.68. The fourth-order valence-electron chi connectivity index (χ4n) is 3.39. The van der Waals surface area contributed by atoms with Crippen molar-refractivity contribution in [1.82, 2.24) is 0 Å². The summed E-state index contributed by atoms with van der Waals surface area (Å²) in [6, 6.07) is 4.53. The number of nitrogens with one attached hydrogen (secondary N) is 2. The van der Waals surface area contributed by atoms with Crippen LogP contribution in [0.5, 0.6) is 0 Å². The van der Waals surface area contributed by atoms with Gasteiger partial charge in [-0.3, -0.25) is 4.79 Å². The van der Waals surface area contributed by atoms with Gasteiger partial charge in [0, 0.05) is 18.2 Å². The van der Waals surface area contributed by atoms with E-state index in [9.17, 15) is 4.79 Å². The van der Waals surface area contributed by atoms with Crippen molar-refractivity contribution in [3.05, 3.63) is 17.7 Å². The number of rotatable bonds is 2. The first kappa shape index (κ1) is 14.2. The molecule has 0 aromatic heterocycles. The van der Waals surface area contributed by atoms with Gasteiger partial charge in [-0.15, -0.1) is 0 Å². The Morgan fingerprint density at radius 1 is 1.05 bits per heavy atom. The Balaban J connectivity index is 1.75. The van der Waals surface area contributed by atoms with Crippen LogP contribution in [0.2, 0.25) is 0 Å². The lowest BCUT2D eigenvalue weighted by atomic mass is 9.96. The van der Waals surface area contributed by atoms with Crippen molar-refractivity contribution in [3.8, 4) is 0 Å². The Morgan fingerprint density at radius 3 is 2.52 bits per heavy atom. The summed E-state index contributed by atoms with van der Waals surface area (Å²) in [5.41, 5.74) is 10.0. The Kier molecular flexibility index (Phi) is 4.32. The Labute approximate surface area is 126 Å². The minimum atomic E-state index is 0.101. The molecule has 3 rings (SSSR count). The smallest absolute Gasteiger partial charge is 0.224 e. The van der Waals surface area contributed by atoms with E-state index in [2.05, 4.69) is 10.6 Å². The number of nitrogens with two attached hydrogens (primary N) is 1. The summed E-state index contributed by atoms with van der Waals surface area (Å²) >= 11 is 0. The van der Waals surface area contributed by atoms with Crippen LogP contribution in [0.15, 0.2) is 12.1 Å². The van der Waals surface area contributed by atoms with Gasteiger partial charge in [-0.25, -0.2) is 0 Å². The highest BCUT2D eigenvalue weighted by Crippen LogP contribution is 2.32. The van der Waals surface area contributed by atoms with Gasteiger partial charge >= 0.3 is 0 Å². The summed E-state index contributed by atoms with van der Waals surface area (Å²) in [4.78, 5) is 11.5. The second kappa shape index (κ2) is 6.37. The van der Waals surface area contributed by atoms with E-state index in [1.807, 2.05) is 12.1 Å². The number of hydrogen-bond acceptors (Lipinski definition) is 3. The van der Waals surface area contributed by atoms with E-state index in [4.69, 9.17) is 5.73 Å². The first-order valence-corrected chi connectivity index (χ1v) is 8.21. The average molecular weight is 287 g/mol. The normalized spacial score (nSPS) is 20.1. The molecule has 21 heavy (non-hydrogen) atoms. The monoisotopic (exact) mass is 287 g/mol. The van der Waals surface area contributed by atoms with Gasteiger partial charge < -0.3 is 16.4 Å². The van der Waals surface area contributed by atoms with Crippen LogP contribution in [0, 0.1) is 0 Å². The van der Waals surface area contributed by atoms with Crippen molar-refractivity contribution in [2.75, 3.05) is 16.4 Å². The maximum Gasteiger partial charge on any atom is 0.224 e. The molecule has 114 valence electrons. The first-order chi connectivity index (χ1) is 10.2. The number of benzene rings is 1. The third-order valence-corrected chi connectivity index (χ3v) is 4.64. The Morgan fingerprint density at radius 2 is 1.76 bits per heavy atom. The largest absolute Gasteiger partial charge is 0.397 e. The molecule has 1 saturated carbocycles. The number of carbonyl (C=O) groups is 1. The maximum atomic E-state index is 11.5. The molecule has 1 aliphatic heterocycles. The van der Waals surface area contributed by atoms with Crippen molar-refractivity contribution in [2.45, 2.75) is 63.8 Å². The Hall–Kier alpha value is -1.71. The van der Waals surface area contributed by atoms with Crippen LogP contribution in [0.4, 0.5) is 17.1 Å². The zero-order chi connectivity index (χ0) is 14.7. The van der Waals surface area contributed by atoms with E-state index in [1.165, 1.54) is 44.9 Å². The molecule has 1 heterocycles. The molecule has 2 aliphatic rings. The molecule has 4 nitrogen and oxygen atoms in total. The van der Waals surface area contributed by atoms with Gasteiger partial charge in [-0.1, -0.05) is 32.1 Å². The third-order valence-electron chi connectivity index (χ3n) is 4.64. The maximum absolute atomic E-state index is 11.5. The highest BCUT2D eigenvalue weighted by molar-refractivity contribution is 5.95. The average Bonchev–Trinajstić information content (AvgIpc) is 2.42. The van der Waals surface area contributed by atoms with Gasteiger partial charge in [0.2, 0.25) is 5.91 Å². The summed E-state index contributed by atoms with van der Waals surface area (Å²) in [7, 11) is 0. The van der Waals surface area contributed by atoms with Crippen LogP contribution in [-0.4, -0.2) is 11.9 Å². The number of anilines is 3. The van der Waals surface area contributed by atoms with Gasteiger partial charge in [0.25, 0.3) is 0 Å². The second-order valence-electron chi connectivity index (χ2n) is 6.33. The molecule has 0 radical (unpaired) electrons. The summed E-state index contributed by atoms with van der Waals surface area (Å²) in [6.07, 6.45) is 10.4. The molecule has 0 saturated heterocycles. The van der Waals surface area contributed by atoms with Crippen LogP contribution in [-0.2, 0) is 11.2 Å². The number of aryl methyl sites for hydroxylation is 1. The van der Waals surface area contributed by atoms with E-state index in [0.29, 0.717) is 12.5 Å². The second-order valence-corrected chi connectivity index (χ2v) is 6.33. The van der Waals surface area contributed by atoms with Crippen molar-refractivity contribution in [3.63, 3.8) is 0 Å². The molecule has 1 fully saturated rings. The van der Waals surface area contributed by atoms with Crippen molar-refractivity contribution in [1.29, 1.82) is 0 Å². The van der Waals surface area contributed by atoms with Crippen molar-refractivity contribution < 1.29 is 4.79 Å². The van der Waals surface area contributed by atoms with Crippen molar-refractivity contribution >= 4 is 23.0 Å². The van der Waals surface area contributed by atoms with Gasteiger partial charge in [0.1, 0.15) is 0 Å². The van der Waals surface area contributed by atoms with E-state index >= 15 is 0 Å². The molecule has 4 heteroatoms. The topological polar surface area (TPSA) is 67.2 Å². The molecule has 1 aromatic carbocycles. The molecule has 1 aromatic rings. The number of nitrogen functional groups attached to an aromatic ring is 1. The molecule has 1 aliphatic carbocycles. The fraction of sp³-hybridized carbons (Fsp3) is 0.588. The van der Waals surface area contributed by atoms with Crippen LogP contribution >= 0.6 is 0 Å². The minimum Gasteiger partial charge on any atom is -0.397 e. The highest BCUT2D eigenvalue weighted by Gasteiger charge is 2.18. The summed E-state index contributed by atoms with van der Waals surface area (Å²) in [5.74, 6) is 0.101. The highest BCUT2D eigenvalue weighted by atomic mass is 16.1.